The summed E-state index contributed by atoms with van der Waals surface area (Å²) in [6.07, 6.45) is 1.86. The zero-order valence-electron chi connectivity index (χ0n) is 16.0. The predicted molar refractivity (Wildman–Crippen MR) is 109 cm³/mol. The SMILES string of the molecule is CN=C(NCC(C)c1ccc(C)cc1)N1CCN(c2ccccn2)CC1. The van der Waals surface area contributed by atoms with Gasteiger partial charge in [0.2, 0.25) is 0 Å². The van der Waals surface area contributed by atoms with E-state index in [1.165, 1.54) is 11.1 Å². The Kier molecular flexibility index (Phi) is 6.10. The molecule has 0 spiro atoms. The van der Waals surface area contributed by atoms with Crippen molar-refractivity contribution in [2.45, 2.75) is 19.8 Å². The van der Waals surface area contributed by atoms with E-state index in [2.05, 4.69) is 69.3 Å². The molecule has 1 N–H and O–H groups in total. The number of aromatic nitrogens is 1. The fourth-order valence-corrected chi connectivity index (χ4v) is 3.28. The van der Waals surface area contributed by atoms with Crippen LogP contribution in [0.3, 0.4) is 0 Å². The molecule has 1 unspecified atom stereocenters. The number of rotatable bonds is 4. The van der Waals surface area contributed by atoms with E-state index in [1.54, 1.807) is 0 Å². The molecule has 5 heteroatoms. The van der Waals surface area contributed by atoms with Gasteiger partial charge in [-0.15, -0.1) is 0 Å². The first kappa shape index (κ1) is 18.2. The van der Waals surface area contributed by atoms with E-state index >= 15 is 0 Å². The third-order valence-electron chi connectivity index (χ3n) is 4.98. The Balaban J connectivity index is 1.51. The normalized spacial score (nSPS) is 16.5. The molecule has 0 saturated carbocycles. The maximum atomic E-state index is 4.49. The summed E-state index contributed by atoms with van der Waals surface area (Å²) in [6.45, 7) is 9.10. The highest BCUT2D eigenvalue weighted by atomic mass is 15.4. The maximum absolute atomic E-state index is 4.49. The van der Waals surface area contributed by atoms with Gasteiger partial charge in [0.1, 0.15) is 5.82 Å². The largest absolute Gasteiger partial charge is 0.356 e. The van der Waals surface area contributed by atoms with Crippen LogP contribution in [0, 0.1) is 6.92 Å². The molecule has 26 heavy (non-hydrogen) atoms. The average molecular weight is 351 g/mol. The van der Waals surface area contributed by atoms with E-state index in [4.69, 9.17) is 0 Å². The minimum absolute atomic E-state index is 0.446. The van der Waals surface area contributed by atoms with Gasteiger partial charge in [0.05, 0.1) is 0 Å². The highest BCUT2D eigenvalue weighted by Crippen LogP contribution is 2.16. The Bertz CT molecular complexity index is 703. The molecule has 1 atom stereocenters. The number of pyridine rings is 1. The van der Waals surface area contributed by atoms with Crippen molar-refractivity contribution in [3.63, 3.8) is 0 Å². The molecule has 1 aliphatic heterocycles. The molecule has 0 aliphatic carbocycles. The fourth-order valence-electron chi connectivity index (χ4n) is 3.28. The number of anilines is 1. The van der Waals surface area contributed by atoms with Crippen molar-refractivity contribution in [3.8, 4) is 0 Å². The van der Waals surface area contributed by atoms with Crippen LogP contribution in [0.15, 0.2) is 53.7 Å². The number of benzene rings is 1. The van der Waals surface area contributed by atoms with Crippen molar-refractivity contribution < 1.29 is 0 Å². The number of hydrogen-bond donors (Lipinski definition) is 1. The van der Waals surface area contributed by atoms with Crippen molar-refractivity contribution in [3.05, 3.63) is 59.8 Å². The van der Waals surface area contributed by atoms with Gasteiger partial charge in [0.15, 0.2) is 5.96 Å². The van der Waals surface area contributed by atoms with Gasteiger partial charge in [-0.3, -0.25) is 4.99 Å². The number of aliphatic imine (C=N–C) groups is 1. The van der Waals surface area contributed by atoms with Crippen LogP contribution < -0.4 is 10.2 Å². The summed E-state index contributed by atoms with van der Waals surface area (Å²) < 4.78 is 0. The monoisotopic (exact) mass is 351 g/mol. The van der Waals surface area contributed by atoms with E-state index in [0.717, 1.165) is 44.5 Å². The summed E-state index contributed by atoms with van der Waals surface area (Å²) in [5, 5.41) is 3.55. The second-order valence-electron chi connectivity index (χ2n) is 6.90. The quantitative estimate of drug-likeness (QED) is 0.679. The summed E-state index contributed by atoms with van der Waals surface area (Å²) in [5.74, 6) is 2.50. The molecule has 1 saturated heterocycles. The highest BCUT2D eigenvalue weighted by molar-refractivity contribution is 5.80. The lowest BCUT2D eigenvalue weighted by Gasteiger charge is -2.37. The molecule has 1 fully saturated rings. The topological polar surface area (TPSA) is 43.8 Å². The first-order valence-electron chi connectivity index (χ1n) is 9.35. The van der Waals surface area contributed by atoms with Crippen molar-refractivity contribution in [2.24, 2.45) is 4.99 Å². The molecular formula is C21H29N5. The molecule has 0 radical (unpaired) electrons. The third kappa shape index (κ3) is 4.54. The van der Waals surface area contributed by atoms with Crippen molar-refractivity contribution in [2.75, 3.05) is 44.7 Å². The van der Waals surface area contributed by atoms with E-state index in [1.807, 2.05) is 25.4 Å². The lowest BCUT2D eigenvalue weighted by molar-refractivity contribution is 0.370. The standard InChI is InChI=1S/C21H29N5/c1-17-7-9-19(10-8-17)18(2)16-24-21(22-3)26-14-12-25(13-15-26)20-6-4-5-11-23-20/h4-11,18H,12-16H2,1-3H3,(H,22,24). The summed E-state index contributed by atoms with van der Waals surface area (Å²) in [5.41, 5.74) is 2.66. The molecule has 5 nitrogen and oxygen atoms in total. The molecule has 1 aromatic heterocycles. The van der Waals surface area contributed by atoms with Gasteiger partial charge in [-0.05, 0) is 30.5 Å². The van der Waals surface area contributed by atoms with E-state index in [0.29, 0.717) is 5.92 Å². The minimum atomic E-state index is 0.446. The maximum Gasteiger partial charge on any atom is 0.193 e. The van der Waals surface area contributed by atoms with Crippen LogP contribution in [-0.2, 0) is 0 Å². The van der Waals surface area contributed by atoms with E-state index in [-0.39, 0.29) is 0 Å². The number of hydrogen-bond acceptors (Lipinski definition) is 3. The molecule has 2 heterocycles. The van der Waals surface area contributed by atoms with Crippen molar-refractivity contribution >= 4 is 11.8 Å². The van der Waals surface area contributed by atoms with Crippen LogP contribution in [0.2, 0.25) is 0 Å². The Hall–Kier alpha value is -2.56. The second-order valence-corrected chi connectivity index (χ2v) is 6.90. The lowest BCUT2D eigenvalue weighted by Crippen LogP contribution is -2.53. The van der Waals surface area contributed by atoms with Crippen LogP contribution in [0.1, 0.15) is 24.0 Å². The Labute approximate surface area is 156 Å². The second kappa shape index (κ2) is 8.70. The molecule has 1 aromatic carbocycles. The summed E-state index contributed by atoms with van der Waals surface area (Å²) in [4.78, 5) is 13.6. The van der Waals surface area contributed by atoms with Gasteiger partial charge in [0.25, 0.3) is 0 Å². The molecule has 3 rings (SSSR count). The van der Waals surface area contributed by atoms with Gasteiger partial charge in [0, 0.05) is 46.0 Å². The summed E-state index contributed by atoms with van der Waals surface area (Å²) in [7, 11) is 1.87. The van der Waals surface area contributed by atoms with Crippen LogP contribution in [0.5, 0.6) is 0 Å². The zero-order chi connectivity index (χ0) is 18.4. The molecule has 2 aromatic rings. The van der Waals surface area contributed by atoms with Gasteiger partial charge >= 0.3 is 0 Å². The molecule has 138 valence electrons. The van der Waals surface area contributed by atoms with Crippen LogP contribution >= 0.6 is 0 Å². The van der Waals surface area contributed by atoms with Crippen molar-refractivity contribution in [1.82, 2.24) is 15.2 Å². The minimum Gasteiger partial charge on any atom is -0.356 e. The summed E-state index contributed by atoms with van der Waals surface area (Å²) in [6, 6.07) is 14.9. The Morgan fingerprint density at radius 1 is 1.12 bits per heavy atom. The number of nitrogens with one attached hydrogen (secondary N) is 1. The third-order valence-corrected chi connectivity index (χ3v) is 4.98. The van der Waals surface area contributed by atoms with Crippen LogP contribution in [0.25, 0.3) is 0 Å². The van der Waals surface area contributed by atoms with E-state index < -0.39 is 0 Å². The highest BCUT2D eigenvalue weighted by Gasteiger charge is 2.20. The number of piperazine rings is 1. The number of aryl methyl sites for hydroxylation is 1. The molecular weight excluding hydrogens is 322 g/mol. The van der Waals surface area contributed by atoms with Gasteiger partial charge in [-0.2, -0.15) is 0 Å². The fraction of sp³-hybridized carbons (Fsp3) is 0.429. The van der Waals surface area contributed by atoms with Gasteiger partial charge in [-0.1, -0.05) is 42.8 Å². The zero-order valence-corrected chi connectivity index (χ0v) is 16.0. The first-order chi connectivity index (χ1) is 12.7. The number of nitrogens with zero attached hydrogens (tertiary/aromatic N) is 4. The molecule has 1 aliphatic rings. The van der Waals surface area contributed by atoms with Crippen molar-refractivity contribution in [1.29, 1.82) is 0 Å². The average Bonchev–Trinajstić information content (AvgIpc) is 2.70. The molecule has 0 amide bonds. The smallest absolute Gasteiger partial charge is 0.193 e. The van der Waals surface area contributed by atoms with Crippen LogP contribution in [-0.4, -0.2) is 55.6 Å². The summed E-state index contributed by atoms with van der Waals surface area (Å²) >= 11 is 0. The van der Waals surface area contributed by atoms with Gasteiger partial charge in [-0.25, -0.2) is 4.98 Å². The van der Waals surface area contributed by atoms with Gasteiger partial charge < -0.3 is 15.1 Å². The Morgan fingerprint density at radius 3 is 2.46 bits per heavy atom. The predicted octanol–water partition coefficient (Wildman–Crippen LogP) is 2.89. The Morgan fingerprint density at radius 2 is 1.85 bits per heavy atom. The van der Waals surface area contributed by atoms with Crippen LogP contribution in [0.4, 0.5) is 5.82 Å². The lowest BCUT2D eigenvalue weighted by atomic mass is 10.0. The first-order valence-corrected chi connectivity index (χ1v) is 9.35. The number of guanidine groups is 1. The molecule has 0 bridgehead atoms. The van der Waals surface area contributed by atoms with E-state index in [9.17, 15) is 0 Å².